The van der Waals surface area contributed by atoms with Gasteiger partial charge in [0, 0.05) is 0 Å². The van der Waals surface area contributed by atoms with E-state index in [0.29, 0.717) is 6.61 Å². The van der Waals surface area contributed by atoms with Gasteiger partial charge in [-0.2, -0.15) is 4.21 Å². The molecule has 0 heterocycles. The van der Waals surface area contributed by atoms with Gasteiger partial charge in [-0.25, -0.2) is 0 Å². The topological polar surface area (TPSA) is 35.5 Å². The number of hydrogen-bond donors (Lipinski definition) is 0. The minimum absolute atomic E-state index is 0.166. The summed E-state index contributed by atoms with van der Waals surface area (Å²) >= 11 is -1.52. The average Bonchev–Trinajstić information content (AvgIpc) is 2.89. The number of rotatable bonds is 12. The van der Waals surface area contributed by atoms with Gasteiger partial charge in [0.1, 0.15) is 0 Å². The zero-order chi connectivity index (χ0) is 13.8. The lowest BCUT2D eigenvalue weighted by Gasteiger charge is -2.09. The summed E-state index contributed by atoms with van der Waals surface area (Å²) in [6.45, 7) is 2.80. The van der Waals surface area contributed by atoms with Gasteiger partial charge in [-0.3, -0.25) is 8.37 Å². The highest BCUT2D eigenvalue weighted by molar-refractivity contribution is 7.75. The highest BCUT2D eigenvalue weighted by atomic mass is 32.2. The number of unbranched alkanes of at least 4 members (excludes halogenated alkanes) is 7. The SMILES string of the molecule is CCCCCCCCCCOS(=O)OC1CCCC1. The summed E-state index contributed by atoms with van der Waals surface area (Å²) in [5.41, 5.74) is 0. The molecule has 0 aromatic carbocycles. The Labute approximate surface area is 121 Å². The largest absolute Gasteiger partial charge is 0.304 e. The Morgan fingerprint density at radius 2 is 1.53 bits per heavy atom. The molecule has 1 saturated carbocycles. The maximum Gasteiger partial charge on any atom is 0.304 e. The molecule has 1 fully saturated rings. The fourth-order valence-electron chi connectivity index (χ4n) is 2.49. The molecule has 3 nitrogen and oxygen atoms in total. The molecule has 0 N–H and O–H groups in total. The lowest BCUT2D eigenvalue weighted by molar-refractivity contribution is 0.184. The minimum atomic E-state index is -1.52. The summed E-state index contributed by atoms with van der Waals surface area (Å²) in [6, 6.07) is 0. The molecule has 0 aromatic rings. The standard InChI is InChI=1S/C15H30O3S/c1-2-3-4-5-6-7-8-11-14-17-19(16)18-15-12-9-10-13-15/h15H,2-14H2,1H3. The molecule has 1 atom stereocenters. The predicted octanol–water partition coefficient (Wildman–Crippen LogP) is 4.68. The second-order valence-corrected chi connectivity index (χ2v) is 6.34. The molecule has 1 aliphatic carbocycles. The van der Waals surface area contributed by atoms with Gasteiger partial charge < -0.3 is 0 Å². The van der Waals surface area contributed by atoms with E-state index in [0.717, 1.165) is 19.3 Å². The third-order valence-corrected chi connectivity index (χ3v) is 4.48. The molecule has 19 heavy (non-hydrogen) atoms. The Bertz CT molecular complexity index is 227. The van der Waals surface area contributed by atoms with Crippen LogP contribution >= 0.6 is 0 Å². The summed E-state index contributed by atoms with van der Waals surface area (Å²) in [5, 5.41) is 0. The van der Waals surface area contributed by atoms with E-state index >= 15 is 0 Å². The van der Waals surface area contributed by atoms with Crippen molar-refractivity contribution in [3.8, 4) is 0 Å². The molecule has 1 aliphatic rings. The van der Waals surface area contributed by atoms with Crippen LogP contribution < -0.4 is 0 Å². The first-order valence-electron chi connectivity index (χ1n) is 8.05. The van der Waals surface area contributed by atoms with Crippen molar-refractivity contribution in [1.29, 1.82) is 0 Å². The third kappa shape index (κ3) is 9.58. The Balaban J connectivity index is 1.80. The highest BCUT2D eigenvalue weighted by Gasteiger charge is 2.18. The van der Waals surface area contributed by atoms with Gasteiger partial charge in [-0.05, 0) is 19.3 Å². The van der Waals surface area contributed by atoms with E-state index in [1.165, 1.54) is 57.8 Å². The van der Waals surface area contributed by atoms with Gasteiger partial charge in [0.25, 0.3) is 0 Å². The molecule has 0 aromatic heterocycles. The Morgan fingerprint density at radius 3 is 2.16 bits per heavy atom. The Morgan fingerprint density at radius 1 is 0.947 bits per heavy atom. The van der Waals surface area contributed by atoms with Crippen molar-refractivity contribution >= 4 is 11.4 Å². The molecular formula is C15H30O3S. The zero-order valence-corrected chi connectivity index (χ0v) is 13.2. The van der Waals surface area contributed by atoms with E-state index in [1.807, 2.05) is 0 Å². The van der Waals surface area contributed by atoms with E-state index in [4.69, 9.17) is 8.37 Å². The molecule has 4 heteroatoms. The van der Waals surface area contributed by atoms with Gasteiger partial charge in [0.15, 0.2) is 0 Å². The smallest absolute Gasteiger partial charge is 0.268 e. The van der Waals surface area contributed by atoms with Crippen LogP contribution in [0.3, 0.4) is 0 Å². The first-order valence-corrected chi connectivity index (χ1v) is 9.05. The molecule has 0 bridgehead atoms. The molecule has 114 valence electrons. The highest BCUT2D eigenvalue weighted by Crippen LogP contribution is 2.22. The monoisotopic (exact) mass is 290 g/mol. The summed E-state index contributed by atoms with van der Waals surface area (Å²) in [4.78, 5) is 0. The normalized spacial score (nSPS) is 17.9. The Kier molecular flexibility index (Phi) is 10.7. The third-order valence-electron chi connectivity index (χ3n) is 3.69. The maximum absolute atomic E-state index is 11.5. The lowest BCUT2D eigenvalue weighted by Crippen LogP contribution is -2.12. The van der Waals surface area contributed by atoms with E-state index in [2.05, 4.69) is 6.92 Å². The Hall–Kier alpha value is 0.0700. The van der Waals surface area contributed by atoms with Crippen LogP contribution in [0.1, 0.15) is 84.0 Å². The van der Waals surface area contributed by atoms with Gasteiger partial charge in [0.05, 0.1) is 12.7 Å². The number of hydrogen-bond acceptors (Lipinski definition) is 3. The molecule has 0 radical (unpaired) electrons. The average molecular weight is 290 g/mol. The fourth-order valence-corrected chi connectivity index (χ4v) is 3.21. The summed E-state index contributed by atoms with van der Waals surface area (Å²) in [5.74, 6) is 0. The van der Waals surface area contributed by atoms with Crippen LogP contribution in [0.4, 0.5) is 0 Å². The minimum Gasteiger partial charge on any atom is -0.268 e. The zero-order valence-electron chi connectivity index (χ0n) is 12.4. The molecule has 0 aliphatic heterocycles. The van der Waals surface area contributed by atoms with E-state index in [9.17, 15) is 4.21 Å². The predicted molar refractivity (Wildman–Crippen MR) is 80.0 cm³/mol. The van der Waals surface area contributed by atoms with E-state index in [1.54, 1.807) is 0 Å². The molecule has 0 saturated heterocycles. The van der Waals surface area contributed by atoms with Gasteiger partial charge in [-0.15, -0.1) is 0 Å². The van der Waals surface area contributed by atoms with Crippen LogP contribution in [0.15, 0.2) is 0 Å². The first kappa shape index (κ1) is 17.1. The van der Waals surface area contributed by atoms with Gasteiger partial charge in [-0.1, -0.05) is 64.7 Å². The molecular weight excluding hydrogens is 260 g/mol. The van der Waals surface area contributed by atoms with E-state index < -0.39 is 11.4 Å². The molecule has 1 rings (SSSR count). The van der Waals surface area contributed by atoms with E-state index in [-0.39, 0.29) is 6.10 Å². The van der Waals surface area contributed by atoms with Crippen molar-refractivity contribution in [1.82, 2.24) is 0 Å². The molecule has 1 unspecified atom stereocenters. The van der Waals surface area contributed by atoms with Crippen molar-refractivity contribution in [2.45, 2.75) is 90.1 Å². The quantitative estimate of drug-likeness (QED) is 0.489. The fraction of sp³-hybridized carbons (Fsp3) is 1.00. The van der Waals surface area contributed by atoms with Crippen molar-refractivity contribution in [3.63, 3.8) is 0 Å². The van der Waals surface area contributed by atoms with Crippen LogP contribution in [0.25, 0.3) is 0 Å². The molecule has 0 spiro atoms. The second-order valence-electron chi connectivity index (χ2n) is 5.50. The van der Waals surface area contributed by atoms with Crippen LogP contribution in [-0.4, -0.2) is 16.9 Å². The van der Waals surface area contributed by atoms with Crippen molar-refractivity contribution in [2.24, 2.45) is 0 Å². The van der Waals surface area contributed by atoms with Crippen LogP contribution in [0.5, 0.6) is 0 Å². The first-order chi connectivity index (χ1) is 9.33. The summed E-state index contributed by atoms with van der Waals surface area (Å²) in [6.07, 6.45) is 14.8. The summed E-state index contributed by atoms with van der Waals surface area (Å²) < 4.78 is 22.0. The van der Waals surface area contributed by atoms with Crippen molar-refractivity contribution < 1.29 is 12.6 Å². The van der Waals surface area contributed by atoms with Gasteiger partial charge in [0.2, 0.25) is 0 Å². The summed E-state index contributed by atoms with van der Waals surface area (Å²) in [7, 11) is 0. The van der Waals surface area contributed by atoms with Crippen molar-refractivity contribution in [2.75, 3.05) is 6.61 Å². The van der Waals surface area contributed by atoms with Crippen molar-refractivity contribution in [3.05, 3.63) is 0 Å². The maximum atomic E-state index is 11.5. The second kappa shape index (κ2) is 11.9. The molecule has 0 amide bonds. The lowest BCUT2D eigenvalue weighted by atomic mass is 10.1. The van der Waals surface area contributed by atoms with Crippen LogP contribution in [-0.2, 0) is 19.7 Å². The van der Waals surface area contributed by atoms with Crippen LogP contribution in [0.2, 0.25) is 0 Å². The van der Waals surface area contributed by atoms with Crippen LogP contribution in [0, 0.1) is 0 Å². The van der Waals surface area contributed by atoms with Gasteiger partial charge >= 0.3 is 11.4 Å².